The second-order valence-electron chi connectivity index (χ2n) is 5.70. The molecule has 2 amide bonds. The van der Waals surface area contributed by atoms with Crippen LogP contribution in [0.25, 0.3) is 0 Å². The minimum Gasteiger partial charge on any atom is -0.469 e. The Bertz CT molecular complexity index is 681. The Morgan fingerprint density at radius 2 is 2.43 bits per heavy atom. The first-order chi connectivity index (χ1) is 11.1. The molecule has 0 aromatic carbocycles. The summed E-state index contributed by atoms with van der Waals surface area (Å²) in [6.07, 6.45) is 3.96. The van der Waals surface area contributed by atoms with Crippen molar-refractivity contribution in [1.29, 1.82) is 0 Å². The number of amides is 2. The van der Waals surface area contributed by atoms with Gasteiger partial charge in [0.25, 0.3) is 0 Å². The predicted octanol–water partition coefficient (Wildman–Crippen LogP) is 2.15. The molecule has 122 valence electrons. The lowest BCUT2D eigenvalue weighted by molar-refractivity contribution is -0.121. The third-order valence-electron chi connectivity index (χ3n) is 3.68. The number of nitrogens with one attached hydrogen (secondary N) is 1. The van der Waals surface area contributed by atoms with Gasteiger partial charge in [-0.3, -0.25) is 14.5 Å². The van der Waals surface area contributed by atoms with Crippen LogP contribution in [0, 0.1) is 0 Å². The smallest absolute Gasteiger partial charge is 0.228 e. The number of thiazole rings is 1. The molecule has 1 aliphatic rings. The van der Waals surface area contributed by atoms with Crippen LogP contribution in [0.4, 0.5) is 5.13 Å². The molecule has 3 heterocycles. The van der Waals surface area contributed by atoms with Crippen molar-refractivity contribution in [2.45, 2.75) is 38.6 Å². The molecule has 0 unspecified atom stereocenters. The minimum atomic E-state index is -0.0753. The number of aromatic nitrogens is 1. The van der Waals surface area contributed by atoms with Gasteiger partial charge in [0, 0.05) is 30.8 Å². The van der Waals surface area contributed by atoms with Crippen molar-refractivity contribution in [2.24, 2.45) is 0 Å². The van der Waals surface area contributed by atoms with Crippen molar-refractivity contribution in [3.63, 3.8) is 0 Å². The number of carbonyl (C=O) groups is 2. The quantitative estimate of drug-likeness (QED) is 0.879. The molecule has 3 rings (SSSR count). The summed E-state index contributed by atoms with van der Waals surface area (Å²) in [7, 11) is 0. The highest BCUT2D eigenvalue weighted by molar-refractivity contribution is 7.14. The van der Waals surface area contributed by atoms with E-state index in [-0.39, 0.29) is 24.3 Å². The molecule has 0 spiro atoms. The van der Waals surface area contributed by atoms with Crippen molar-refractivity contribution in [2.75, 3.05) is 11.4 Å². The molecule has 0 bridgehead atoms. The number of carbonyl (C=O) groups excluding carboxylic acids is 2. The van der Waals surface area contributed by atoms with Crippen molar-refractivity contribution in [3.05, 3.63) is 35.2 Å². The first-order valence-corrected chi connectivity index (χ1v) is 8.56. The summed E-state index contributed by atoms with van der Waals surface area (Å²) >= 11 is 1.41. The molecular weight excluding hydrogens is 314 g/mol. The second kappa shape index (κ2) is 6.95. The zero-order valence-electron chi connectivity index (χ0n) is 12.9. The van der Waals surface area contributed by atoms with Crippen LogP contribution < -0.4 is 10.2 Å². The van der Waals surface area contributed by atoms with Gasteiger partial charge in [0.05, 0.1) is 18.4 Å². The van der Waals surface area contributed by atoms with Gasteiger partial charge in [-0.05, 0) is 25.5 Å². The van der Waals surface area contributed by atoms with Crippen LogP contribution in [0.3, 0.4) is 0 Å². The molecule has 1 aliphatic heterocycles. The van der Waals surface area contributed by atoms with Gasteiger partial charge in [-0.15, -0.1) is 11.3 Å². The summed E-state index contributed by atoms with van der Waals surface area (Å²) in [6, 6.07) is 3.72. The normalized spacial score (nSPS) is 15.9. The third kappa shape index (κ3) is 3.98. The van der Waals surface area contributed by atoms with E-state index in [1.165, 1.54) is 11.3 Å². The Balaban J connectivity index is 1.51. The standard InChI is InChI=1S/C16H19N3O3S/c1-11(8-13-4-3-7-22-13)17-14(20)9-12-10-23-16(18-12)19-6-2-5-15(19)21/h3-4,7,10-11H,2,5-6,8-9H2,1H3,(H,17,20)/t11-/m0/s1. The van der Waals surface area contributed by atoms with E-state index >= 15 is 0 Å². The van der Waals surface area contributed by atoms with Crippen LogP contribution in [0.1, 0.15) is 31.2 Å². The van der Waals surface area contributed by atoms with E-state index in [2.05, 4.69) is 10.3 Å². The molecule has 0 aliphatic carbocycles. The molecule has 7 heteroatoms. The summed E-state index contributed by atoms with van der Waals surface area (Å²) < 4.78 is 5.27. The number of rotatable bonds is 6. The Morgan fingerprint density at radius 1 is 1.57 bits per heavy atom. The number of nitrogens with zero attached hydrogens (tertiary/aromatic N) is 2. The SMILES string of the molecule is C[C@@H](Cc1ccco1)NC(=O)Cc1csc(N2CCCC2=O)n1. The molecule has 1 fully saturated rings. The predicted molar refractivity (Wildman–Crippen MR) is 87.4 cm³/mol. The van der Waals surface area contributed by atoms with Crippen LogP contribution in [-0.2, 0) is 22.4 Å². The van der Waals surface area contributed by atoms with Crippen molar-refractivity contribution in [3.8, 4) is 0 Å². The van der Waals surface area contributed by atoms with Crippen LogP contribution in [-0.4, -0.2) is 29.4 Å². The van der Waals surface area contributed by atoms with E-state index in [0.717, 1.165) is 18.7 Å². The van der Waals surface area contributed by atoms with Crippen molar-refractivity contribution >= 4 is 28.3 Å². The zero-order chi connectivity index (χ0) is 16.2. The number of hydrogen-bond acceptors (Lipinski definition) is 5. The van der Waals surface area contributed by atoms with Gasteiger partial charge >= 0.3 is 0 Å². The van der Waals surface area contributed by atoms with Gasteiger partial charge in [-0.2, -0.15) is 0 Å². The molecule has 0 saturated carbocycles. The topological polar surface area (TPSA) is 75.4 Å². The number of furan rings is 1. The van der Waals surface area contributed by atoms with E-state index in [1.807, 2.05) is 24.4 Å². The largest absolute Gasteiger partial charge is 0.469 e. The first kappa shape index (κ1) is 15.7. The third-order valence-corrected chi connectivity index (χ3v) is 4.59. The fourth-order valence-electron chi connectivity index (χ4n) is 2.62. The highest BCUT2D eigenvalue weighted by Crippen LogP contribution is 2.25. The Kier molecular flexibility index (Phi) is 4.76. The van der Waals surface area contributed by atoms with E-state index in [0.29, 0.717) is 23.7 Å². The van der Waals surface area contributed by atoms with Crippen LogP contribution in [0.5, 0.6) is 0 Å². The molecule has 2 aromatic heterocycles. The van der Waals surface area contributed by atoms with E-state index in [4.69, 9.17) is 4.42 Å². The fourth-order valence-corrected chi connectivity index (χ4v) is 3.49. The lowest BCUT2D eigenvalue weighted by Crippen LogP contribution is -2.35. The molecule has 1 saturated heterocycles. The highest BCUT2D eigenvalue weighted by atomic mass is 32.1. The van der Waals surface area contributed by atoms with E-state index < -0.39 is 0 Å². The van der Waals surface area contributed by atoms with Crippen LogP contribution in [0.15, 0.2) is 28.2 Å². The Hall–Kier alpha value is -2.15. The highest BCUT2D eigenvalue weighted by Gasteiger charge is 2.24. The maximum absolute atomic E-state index is 12.1. The van der Waals surface area contributed by atoms with Gasteiger partial charge < -0.3 is 9.73 Å². The van der Waals surface area contributed by atoms with Crippen LogP contribution in [0.2, 0.25) is 0 Å². The fraction of sp³-hybridized carbons (Fsp3) is 0.438. The summed E-state index contributed by atoms with van der Waals surface area (Å²) in [5.41, 5.74) is 0.701. The number of hydrogen-bond donors (Lipinski definition) is 1. The summed E-state index contributed by atoms with van der Waals surface area (Å²) in [5, 5.41) is 5.48. The maximum Gasteiger partial charge on any atom is 0.228 e. The molecular formula is C16H19N3O3S. The lowest BCUT2D eigenvalue weighted by atomic mass is 10.2. The molecule has 1 atom stereocenters. The maximum atomic E-state index is 12.1. The number of anilines is 1. The van der Waals surface area contributed by atoms with Gasteiger partial charge in [-0.25, -0.2) is 4.98 Å². The monoisotopic (exact) mass is 333 g/mol. The van der Waals surface area contributed by atoms with Crippen molar-refractivity contribution in [1.82, 2.24) is 10.3 Å². The van der Waals surface area contributed by atoms with Gasteiger partial charge in [-0.1, -0.05) is 0 Å². The van der Waals surface area contributed by atoms with Gasteiger partial charge in [0.1, 0.15) is 5.76 Å². The summed E-state index contributed by atoms with van der Waals surface area (Å²) in [5.74, 6) is 0.886. The second-order valence-corrected chi connectivity index (χ2v) is 6.54. The van der Waals surface area contributed by atoms with Gasteiger partial charge in [0.2, 0.25) is 11.8 Å². The average Bonchev–Trinajstić information content (AvgIpc) is 3.20. The Labute approximate surface area is 138 Å². The zero-order valence-corrected chi connectivity index (χ0v) is 13.8. The molecule has 2 aromatic rings. The average molecular weight is 333 g/mol. The van der Waals surface area contributed by atoms with Gasteiger partial charge in [0.15, 0.2) is 5.13 Å². The van der Waals surface area contributed by atoms with E-state index in [1.54, 1.807) is 11.2 Å². The molecule has 1 N–H and O–H groups in total. The minimum absolute atomic E-state index is 0.00749. The first-order valence-electron chi connectivity index (χ1n) is 7.68. The Morgan fingerprint density at radius 3 is 3.13 bits per heavy atom. The lowest BCUT2D eigenvalue weighted by Gasteiger charge is -2.12. The van der Waals surface area contributed by atoms with E-state index in [9.17, 15) is 9.59 Å². The molecule has 6 nitrogen and oxygen atoms in total. The van der Waals surface area contributed by atoms with Crippen LogP contribution >= 0.6 is 11.3 Å². The molecule has 0 radical (unpaired) electrons. The van der Waals surface area contributed by atoms with Crippen molar-refractivity contribution < 1.29 is 14.0 Å². The summed E-state index contributed by atoms with van der Waals surface area (Å²) in [4.78, 5) is 29.9. The molecule has 23 heavy (non-hydrogen) atoms. The summed E-state index contributed by atoms with van der Waals surface area (Å²) in [6.45, 7) is 2.66.